The molecule has 0 spiro atoms. The molecular formula is C20H22N6O2. The number of anilines is 1. The van der Waals surface area contributed by atoms with Crippen molar-refractivity contribution in [3.63, 3.8) is 0 Å². The smallest absolute Gasteiger partial charge is 0.253 e. The van der Waals surface area contributed by atoms with Crippen molar-refractivity contribution in [2.45, 2.75) is 6.42 Å². The first-order valence-electron chi connectivity index (χ1n) is 9.25. The van der Waals surface area contributed by atoms with Crippen LogP contribution in [0.5, 0.6) is 5.75 Å². The Morgan fingerprint density at radius 3 is 2.75 bits per heavy atom. The molecule has 1 N–H and O–H groups in total. The topological polar surface area (TPSA) is 85.2 Å². The third-order valence-corrected chi connectivity index (χ3v) is 5.01. The van der Waals surface area contributed by atoms with Crippen molar-refractivity contribution in [2.24, 2.45) is 5.92 Å². The second-order valence-electron chi connectivity index (χ2n) is 6.75. The van der Waals surface area contributed by atoms with Gasteiger partial charge in [-0.1, -0.05) is 24.3 Å². The summed E-state index contributed by atoms with van der Waals surface area (Å²) in [5.41, 5.74) is 2.31. The van der Waals surface area contributed by atoms with Crippen LogP contribution in [0.4, 0.5) is 5.69 Å². The molecule has 1 fully saturated rings. The molecule has 1 amide bonds. The van der Waals surface area contributed by atoms with E-state index >= 15 is 0 Å². The average Bonchev–Trinajstić information content (AvgIpc) is 3.44. The van der Waals surface area contributed by atoms with Crippen molar-refractivity contribution in [3.8, 4) is 11.4 Å². The molecule has 0 saturated carbocycles. The molecule has 1 aromatic heterocycles. The van der Waals surface area contributed by atoms with Gasteiger partial charge in [-0.2, -0.15) is 4.68 Å². The van der Waals surface area contributed by atoms with Gasteiger partial charge in [-0.15, -0.1) is 5.10 Å². The molecule has 4 rings (SSSR count). The lowest BCUT2D eigenvalue weighted by molar-refractivity contribution is 0.0948. The fourth-order valence-corrected chi connectivity index (χ4v) is 3.58. The van der Waals surface area contributed by atoms with Crippen LogP contribution in [0.25, 0.3) is 5.69 Å². The molecule has 0 unspecified atom stereocenters. The van der Waals surface area contributed by atoms with Crippen LogP contribution in [0.15, 0.2) is 54.9 Å². The van der Waals surface area contributed by atoms with Crippen LogP contribution in [-0.4, -0.2) is 52.9 Å². The summed E-state index contributed by atoms with van der Waals surface area (Å²) in [7, 11) is 1.69. The zero-order chi connectivity index (χ0) is 19.3. The van der Waals surface area contributed by atoms with Crippen LogP contribution in [-0.2, 0) is 0 Å². The summed E-state index contributed by atoms with van der Waals surface area (Å²) < 4.78 is 6.96. The first kappa shape index (κ1) is 18.0. The van der Waals surface area contributed by atoms with Crippen LogP contribution in [0.1, 0.15) is 16.8 Å². The fourth-order valence-electron chi connectivity index (χ4n) is 3.58. The fraction of sp³-hybridized carbons (Fsp3) is 0.300. The highest BCUT2D eigenvalue weighted by Crippen LogP contribution is 2.31. The number of hydrogen-bond acceptors (Lipinski definition) is 6. The number of nitrogens with zero attached hydrogens (tertiary/aromatic N) is 5. The zero-order valence-electron chi connectivity index (χ0n) is 15.7. The molecular weight excluding hydrogens is 356 g/mol. The summed E-state index contributed by atoms with van der Waals surface area (Å²) >= 11 is 0. The molecule has 1 aliphatic rings. The molecule has 1 aliphatic heterocycles. The molecule has 0 aliphatic carbocycles. The normalized spacial score (nSPS) is 16.2. The van der Waals surface area contributed by atoms with E-state index in [1.807, 2.05) is 36.4 Å². The van der Waals surface area contributed by atoms with E-state index in [1.165, 1.54) is 11.0 Å². The summed E-state index contributed by atoms with van der Waals surface area (Å²) in [5.74, 6) is 1.14. The molecule has 8 nitrogen and oxygen atoms in total. The van der Waals surface area contributed by atoms with Crippen molar-refractivity contribution >= 4 is 11.6 Å². The Hall–Kier alpha value is -3.42. The average molecular weight is 378 g/mol. The Balaban J connectivity index is 1.39. The lowest BCUT2D eigenvalue weighted by Gasteiger charge is -2.21. The van der Waals surface area contributed by atoms with Crippen molar-refractivity contribution < 1.29 is 9.53 Å². The summed E-state index contributed by atoms with van der Waals surface area (Å²) in [6.45, 7) is 2.45. The number of amides is 1. The molecule has 144 valence electrons. The SMILES string of the molecule is COc1ccccc1N1CC[C@H](CNC(=O)c2ccccc2-n2cnnn2)C1. The van der Waals surface area contributed by atoms with Crippen LogP contribution in [0, 0.1) is 5.92 Å². The number of nitrogens with one attached hydrogen (secondary N) is 1. The van der Waals surface area contributed by atoms with E-state index in [9.17, 15) is 4.79 Å². The van der Waals surface area contributed by atoms with Gasteiger partial charge in [0.2, 0.25) is 0 Å². The zero-order valence-corrected chi connectivity index (χ0v) is 15.7. The van der Waals surface area contributed by atoms with Gasteiger partial charge in [0.1, 0.15) is 12.1 Å². The van der Waals surface area contributed by atoms with Gasteiger partial charge in [-0.3, -0.25) is 4.79 Å². The predicted molar refractivity (Wildman–Crippen MR) is 105 cm³/mol. The Labute approximate surface area is 163 Å². The quantitative estimate of drug-likeness (QED) is 0.705. The lowest BCUT2D eigenvalue weighted by Crippen LogP contribution is -2.31. The van der Waals surface area contributed by atoms with Crippen LogP contribution in [0.2, 0.25) is 0 Å². The number of carbonyl (C=O) groups excluding carboxylic acids is 1. The summed E-state index contributed by atoms with van der Waals surface area (Å²) in [6, 6.07) is 15.3. The van der Waals surface area contributed by atoms with E-state index in [-0.39, 0.29) is 5.91 Å². The van der Waals surface area contributed by atoms with Crippen molar-refractivity contribution in [2.75, 3.05) is 31.6 Å². The molecule has 8 heteroatoms. The van der Waals surface area contributed by atoms with Crippen LogP contribution in [0.3, 0.4) is 0 Å². The number of rotatable bonds is 6. The van der Waals surface area contributed by atoms with Gasteiger partial charge in [0, 0.05) is 19.6 Å². The summed E-state index contributed by atoms with van der Waals surface area (Å²) in [4.78, 5) is 15.1. The lowest BCUT2D eigenvalue weighted by atomic mass is 10.1. The van der Waals surface area contributed by atoms with Crippen LogP contribution >= 0.6 is 0 Å². The maximum absolute atomic E-state index is 12.7. The van der Waals surface area contributed by atoms with Crippen molar-refractivity contribution in [3.05, 3.63) is 60.4 Å². The van der Waals surface area contributed by atoms with Gasteiger partial charge >= 0.3 is 0 Å². The van der Waals surface area contributed by atoms with Crippen molar-refractivity contribution in [1.29, 1.82) is 0 Å². The van der Waals surface area contributed by atoms with Gasteiger partial charge in [0.25, 0.3) is 5.91 Å². The second kappa shape index (κ2) is 8.08. The van der Waals surface area contributed by atoms with Crippen LogP contribution < -0.4 is 15.0 Å². The van der Waals surface area contributed by atoms with Gasteiger partial charge in [0.05, 0.1) is 24.0 Å². The third kappa shape index (κ3) is 3.66. The van der Waals surface area contributed by atoms with Gasteiger partial charge in [0.15, 0.2) is 0 Å². The number of methoxy groups -OCH3 is 1. The molecule has 1 saturated heterocycles. The van der Waals surface area contributed by atoms with E-state index < -0.39 is 0 Å². The Morgan fingerprint density at radius 1 is 1.18 bits per heavy atom. The van der Waals surface area contributed by atoms with E-state index in [2.05, 4.69) is 31.8 Å². The minimum absolute atomic E-state index is 0.123. The largest absolute Gasteiger partial charge is 0.495 e. The van der Waals surface area contributed by atoms with Gasteiger partial charge in [-0.25, -0.2) is 0 Å². The number of hydrogen-bond donors (Lipinski definition) is 1. The number of carbonyl (C=O) groups is 1. The standard InChI is InChI=1S/C20H22N6O2/c1-28-19-9-5-4-8-18(19)25-11-10-15(13-25)12-21-20(27)16-6-2-3-7-17(16)26-14-22-23-24-26/h2-9,14-15H,10-13H2,1H3,(H,21,27)/t15-/m1/s1. The molecule has 0 radical (unpaired) electrons. The number of tetrazole rings is 1. The molecule has 1 atom stereocenters. The molecule has 3 aromatic rings. The van der Waals surface area contributed by atoms with E-state index in [1.54, 1.807) is 13.2 Å². The minimum atomic E-state index is -0.123. The second-order valence-corrected chi connectivity index (χ2v) is 6.75. The maximum atomic E-state index is 12.7. The maximum Gasteiger partial charge on any atom is 0.253 e. The van der Waals surface area contributed by atoms with E-state index in [4.69, 9.17) is 4.74 Å². The highest BCUT2D eigenvalue weighted by molar-refractivity contribution is 5.97. The number of aromatic nitrogens is 4. The molecule has 2 heterocycles. The van der Waals surface area contributed by atoms with Crippen molar-refractivity contribution in [1.82, 2.24) is 25.5 Å². The van der Waals surface area contributed by atoms with Gasteiger partial charge < -0.3 is 15.0 Å². The number of ether oxygens (including phenoxy) is 1. The Bertz CT molecular complexity index is 943. The first-order chi connectivity index (χ1) is 13.8. The number of para-hydroxylation sites is 3. The van der Waals surface area contributed by atoms with E-state index in [0.29, 0.717) is 23.7 Å². The van der Waals surface area contributed by atoms with E-state index in [0.717, 1.165) is 30.9 Å². The number of benzene rings is 2. The minimum Gasteiger partial charge on any atom is -0.495 e. The monoisotopic (exact) mass is 378 g/mol. The Morgan fingerprint density at radius 2 is 1.96 bits per heavy atom. The van der Waals surface area contributed by atoms with Gasteiger partial charge in [-0.05, 0) is 47.0 Å². The molecule has 2 aromatic carbocycles. The third-order valence-electron chi connectivity index (χ3n) is 5.01. The first-order valence-corrected chi connectivity index (χ1v) is 9.25. The highest BCUT2D eigenvalue weighted by Gasteiger charge is 2.25. The summed E-state index contributed by atoms with van der Waals surface area (Å²) in [5, 5.41) is 14.2. The highest BCUT2D eigenvalue weighted by atomic mass is 16.5. The molecule has 28 heavy (non-hydrogen) atoms. The Kier molecular flexibility index (Phi) is 5.18. The molecule has 0 bridgehead atoms. The summed E-state index contributed by atoms with van der Waals surface area (Å²) in [6.07, 6.45) is 2.50. The predicted octanol–water partition coefficient (Wildman–Crippen LogP) is 1.93.